The van der Waals surface area contributed by atoms with Gasteiger partial charge in [-0.3, -0.25) is 4.99 Å². The number of hydrogen-bond donors (Lipinski definition) is 2. The number of hydrogen-bond acceptors (Lipinski definition) is 3. The summed E-state index contributed by atoms with van der Waals surface area (Å²) in [7, 11) is 1.63. The van der Waals surface area contributed by atoms with Gasteiger partial charge in [0, 0.05) is 7.05 Å². The van der Waals surface area contributed by atoms with Crippen LogP contribution in [0.2, 0.25) is 0 Å². The monoisotopic (exact) mass is 469 g/mol. The molecule has 2 N–H and O–H groups in total. The molecule has 0 unspecified atom stereocenters. The fourth-order valence-electron chi connectivity index (χ4n) is 1.88. The number of guanidine groups is 1. The molecular weight excluding hydrogens is 450 g/mol. The van der Waals surface area contributed by atoms with Crippen molar-refractivity contribution in [3.8, 4) is 5.75 Å². The van der Waals surface area contributed by atoms with Gasteiger partial charge < -0.3 is 19.8 Å². The average molecular weight is 469 g/mol. The van der Waals surface area contributed by atoms with E-state index in [1.165, 1.54) is 12.1 Å². The minimum atomic E-state index is -4.34. The van der Waals surface area contributed by atoms with Crippen LogP contribution < -0.4 is 15.4 Å². The molecule has 1 aromatic heterocycles. The number of halogens is 4. The zero-order chi connectivity index (χ0) is 17.4. The minimum Gasteiger partial charge on any atom is -0.492 e. The Morgan fingerprint density at radius 1 is 1.16 bits per heavy atom. The van der Waals surface area contributed by atoms with Gasteiger partial charge in [-0.2, -0.15) is 13.2 Å². The van der Waals surface area contributed by atoms with Gasteiger partial charge in [-0.05, 0) is 36.4 Å². The average Bonchev–Trinajstić information content (AvgIpc) is 3.07. The Labute approximate surface area is 160 Å². The number of furan rings is 1. The molecule has 0 bridgehead atoms. The lowest BCUT2D eigenvalue weighted by Crippen LogP contribution is -2.38. The van der Waals surface area contributed by atoms with Crippen LogP contribution in [0.3, 0.4) is 0 Å². The lowest BCUT2D eigenvalue weighted by molar-refractivity contribution is -0.137. The predicted molar refractivity (Wildman–Crippen MR) is 99.3 cm³/mol. The molecule has 25 heavy (non-hydrogen) atoms. The topological polar surface area (TPSA) is 58.8 Å². The zero-order valence-corrected chi connectivity index (χ0v) is 15.8. The zero-order valence-electron chi connectivity index (χ0n) is 13.5. The van der Waals surface area contributed by atoms with E-state index >= 15 is 0 Å². The van der Waals surface area contributed by atoms with Crippen LogP contribution in [0.1, 0.15) is 11.3 Å². The maximum Gasteiger partial charge on any atom is 0.416 e. The smallest absolute Gasteiger partial charge is 0.416 e. The van der Waals surface area contributed by atoms with Gasteiger partial charge in [0.15, 0.2) is 5.96 Å². The van der Waals surface area contributed by atoms with E-state index in [0.717, 1.165) is 17.9 Å². The van der Waals surface area contributed by atoms with E-state index in [4.69, 9.17) is 9.15 Å². The Bertz CT molecular complexity index is 644. The fourth-order valence-corrected chi connectivity index (χ4v) is 1.88. The lowest BCUT2D eigenvalue weighted by Gasteiger charge is -2.12. The Morgan fingerprint density at radius 3 is 2.44 bits per heavy atom. The molecule has 0 saturated heterocycles. The summed E-state index contributed by atoms with van der Waals surface area (Å²) in [6.07, 6.45) is -2.75. The van der Waals surface area contributed by atoms with E-state index in [0.29, 0.717) is 24.8 Å². The van der Waals surface area contributed by atoms with Crippen LogP contribution in [0, 0.1) is 0 Å². The van der Waals surface area contributed by atoms with Crippen LogP contribution >= 0.6 is 24.0 Å². The summed E-state index contributed by atoms with van der Waals surface area (Å²) in [6, 6.07) is 8.22. The molecule has 1 heterocycles. The van der Waals surface area contributed by atoms with Gasteiger partial charge in [0.05, 0.1) is 24.9 Å². The van der Waals surface area contributed by atoms with Crippen LogP contribution in [0.25, 0.3) is 0 Å². The molecule has 2 aromatic rings. The Kier molecular flexibility index (Phi) is 8.59. The van der Waals surface area contributed by atoms with Crippen LogP contribution in [-0.2, 0) is 12.7 Å². The first-order chi connectivity index (χ1) is 11.5. The van der Waals surface area contributed by atoms with Gasteiger partial charge in [0.1, 0.15) is 18.1 Å². The highest BCUT2D eigenvalue weighted by Crippen LogP contribution is 2.30. The van der Waals surface area contributed by atoms with E-state index in [-0.39, 0.29) is 30.6 Å². The summed E-state index contributed by atoms with van der Waals surface area (Å²) in [4.78, 5) is 4.04. The summed E-state index contributed by atoms with van der Waals surface area (Å²) < 4.78 is 47.9. The fraction of sp³-hybridized carbons (Fsp3) is 0.312. The molecule has 9 heteroatoms. The molecule has 0 aliphatic carbocycles. The summed E-state index contributed by atoms with van der Waals surface area (Å²) in [5.41, 5.74) is -0.699. The first-order valence-electron chi connectivity index (χ1n) is 7.26. The van der Waals surface area contributed by atoms with Gasteiger partial charge >= 0.3 is 6.18 Å². The van der Waals surface area contributed by atoms with Crippen molar-refractivity contribution >= 4 is 29.9 Å². The number of nitrogens with one attached hydrogen (secondary N) is 2. The molecule has 0 aliphatic heterocycles. The Morgan fingerprint density at radius 2 is 1.88 bits per heavy atom. The summed E-state index contributed by atoms with van der Waals surface area (Å²) in [6.45, 7) is 1.22. The Hall–Kier alpha value is -1.91. The molecular formula is C16H19F3IN3O2. The van der Waals surface area contributed by atoms with Crippen LogP contribution in [-0.4, -0.2) is 26.2 Å². The largest absolute Gasteiger partial charge is 0.492 e. The second kappa shape index (κ2) is 10.2. The maximum absolute atomic E-state index is 12.5. The number of nitrogens with zero attached hydrogens (tertiary/aromatic N) is 1. The van der Waals surface area contributed by atoms with Crippen LogP contribution in [0.5, 0.6) is 5.75 Å². The van der Waals surface area contributed by atoms with E-state index in [9.17, 15) is 13.2 Å². The van der Waals surface area contributed by atoms with Crippen molar-refractivity contribution in [3.63, 3.8) is 0 Å². The van der Waals surface area contributed by atoms with Crippen molar-refractivity contribution in [2.75, 3.05) is 20.2 Å². The SMILES string of the molecule is CN=C(NCCOc1ccc(C(F)(F)F)cc1)NCc1ccco1.I. The quantitative estimate of drug-likeness (QED) is 0.294. The van der Waals surface area contributed by atoms with Crippen molar-refractivity contribution in [2.45, 2.75) is 12.7 Å². The third kappa shape index (κ3) is 7.24. The molecule has 0 radical (unpaired) electrons. The van der Waals surface area contributed by atoms with Crippen molar-refractivity contribution in [1.29, 1.82) is 0 Å². The molecule has 0 amide bonds. The lowest BCUT2D eigenvalue weighted by atomic mass is 10.2. The molecule has 0 aliphatic rings. The highest BCUT2D eigenvalue weighted by Gasteiger charge is 2.29. The third-order valence-corrected chi connectivity index (χ3v) is 3.08. The maximum atomic E-state index is 12.5. The predicted octanol–water partition coefficient (Wildman–Crippen LogP) is 3.66. The molecule has 0 saturated carbocycles. The second-order valence-electron chi connectivity index (χ2n) is 4.80. The number of benzene rings is 1. The van der Waals surface area contributed by atoms with E-state index in [1.807, 2.05) is 6.07 Å². The van der Waals surface area contributed by atoms with Gasteiger partial charge in [0.2, 0.25) is 0 Å². The van der Waals surface area contributed by atoms with Crippen molar-refractivity contribution in [2.24, 2.45) is 4.99 Å². The van der Waals surface area contributed by atoms with Gasteiger partial charge in [-0.25, -0.2) is 0 Å². The van der Waals surface area contributed by atoms with Crippen LogP contribution in [0.15, 0.2) is 52.1 Å². The molecule has 138 valence electrons. The molecule has 2 rings (SSSR count). The molecule has 1 aromatic carbocycles. The summed E-state index contributed by atoms with van der Waals surface area (Å²) in [5, 5.41) is 6.09. The number of aliphatic imine (C=N–C) groups is 1. The Balaban J connectivity index is 0.00000312. The highest BCUT2D eigenvalue weighted by atomic mass is 127. The normalized spacial score (nSPS) is 11.6. The first-order valence-corrected chi connectivity index (χ1v) is 7.26. The van der Waals surface area contributed by atoms with Gasteiger partial charge in [-0.1, -0.05) is 0 Å². The summed E-state index contributed by atoms with van der Waals surface area (Å²) >= 11 is 0. The second-order valence-corrected chi connectivity index (χ2v) is 4.80. The molecule has 0 atom stereocenters. The summed E-state index contributed by atoms with van der Waals surface area (Å²) in [5.74, 6) is 1.73. The van der Waals surface area contributed by atoms with Gasteiger partial charge in [-0.15, -0.1) is 24.0 Å². The first kappa shape index (κ1) is 21.1. The van der Waals surface area contributed by atoms with Crippen molar-refractivity contribution in [1.82, 2.24) is 10.6 Å². The van der Waals surface area contributed by atoms with Crippen LogP contribution in [0.4, 0.5) is 13.2 Å². The standard InChI is InChI=1S/C16H18F3N3O2.HI/c1-20-15(22-11-14-3-2-9-23-14)21-8-10-24-13-6-4-12(5-7-13)16(17,18)19;/h2-7,9H,8,10-11H2,1H3,(H2,20,21,22);1H. The minimum absolute atomic E-state index is 0. The molecule has 0 spiro atoms. The number of alkyl halides is 3. The third-order valence-electron chi connectivity index (χ3n) is 3.08. The van der Waals surface area contributed by atoms with E-state index in [1.54, 1.807) is 19.4 Å². The van der Waals surface area contributed by atoms with Crippen molar-refractivity contribution < 1.29 is 22.3 Å². The molecule has 5 nitrogen and oxygen atoms in total. The number of ether oxygens (including phenoxy) is 1. The highest BCUT2D eigenvalue weighted by molar-refractivity contribution is 14.0. The molecule has 0 fully saturated rings. The van der Waals surface area contributed by atoms with Crippen molar-refractivity contribution in [3.05, 3.63) is 54.0 Å². The van der Waals surface area contributed by atoms with E-state index < -0.39 is 11.7 Å². The number of rotatable bonds is 6. The van der Waals surface area contributed by atoms with Gasteiger partial charge in [0.25, 0.3) is 0 Å². The van der Waals surface area contributed by atoms with E-state index in [2.05, 4.69) is 15.6 Å².